The largest absolute Gasteiger partial charge is 1.00 e. The van der Waals surface area contributed by atoms with Crippen molar-refractivity contribution in [3.8, 4) is 0 Å². The van der Waals surface area contributed by atoms with Gasteiger partial charge < -0.3 is 28.8 Å². The Bertz CT molecular complexity index is 617. The number of nitrogens with one attached hydrogen (secondary N) is 3. The number of nitrogen functional groups attached to an aromatic ring is 1. The van der Waals surface area contributed by atoms with Crippen molar-refractivity contribution >= 4 is 34.8 Å². The maximum Gasteiger partial charge on any atom is 0.241 e. The number of amides is 1. The number of aromatic nitrogens is 1. The number of nitrogens with two attached hydrogens (primary N) is 1. The van der Waals surface area contributed by atoms with E-state index in [9.17, 15) is 4.79 Å². The van der Waals surface area contributed by atoms with Crippen molar-refractivity contribution in [2.24, 2.45) is 0 Å². The van der Waals surface area contributed by atoms with E-state index in [4.69, 9.17) is 17.3 Å². The molecule has 5 N–H and O–H groups in total. The Morgan fingerprint density at radius 3 is 2.48 bits per heavy atom. The Morgan fingerprint density at radius 1 is 1.24 bits per heavy atom. The third kappa shape index (κ3) is 5.13. The first-order chi connectivity index (χ1) is 9.54. The lowest BCUT2D eigenvalue weighted by molar-refractivity contribution is -0.342. The molecule has 2 rings (SSSR count). The normalized spacial score (nSPS) is 9.62. The molecule has 0 radical (unpaired) electrons. The van der Waals surface area contributed by atoms with Gasteiger partial charge in [0.05, 0.1) is 6.54 Å². The van der Waals surface area contributed by atoms with Crippen LogP contribution < -0.4 is 33.8 Å². The van der Waals surface area contributed by atoms with Crippen molar-refractivity contribution in [1.82, 2.24) is 0 Å². The lowest BCUT2D eigenvalue weighted by Gasteiger charge is -2.06. The lowest BCUT2D eigenvalue weighted by atomic mass is 10.2. The van der Waals surface area contributed by atoms with Gasteiger partial charge >= 0.3 is 0 Å². The molecule has 0 fully saturated rings. The van der Waals surface area contributed by atoms with Crippen LogP contribution in [0, 0.1) is 0 Å². The van der Waals surface area contributed by atoms with E-state index in [2.05, 4.69) is 15.6 Å². The number of pyridine rings is 1. The van der Waals surface area contributed by atoms with Gasteiger partial charge in [-0.05, 0) is 23.8 Å². The molecule has 1 aromatic carbocycles. The molecule has 7 heteroatoms. The smallest absolute Gasteiger partial charge is 0.241 e. The van der Waals surface area contributed by atoms with E-state index in [1.165, 1.54) is 6.92 Å². The van der Waals surface area contributed by atoms with Crippen LogP contribution in [0.5, 0.6) is 0 Å². The monoisotopic (exact) mass is 326 g/mol. The predicted molar refractivity (Wildman–Crippen MR) is 80.5 cm³/mol. The van der Waals surface area contributed by atoms with E-state index in [0.29, 0.717) is 23.1 Å². The molecule has 2 aromatic rings. The number of halogens is 2. The second kappa shape index (κ2) is 7.71. The van der Waals surface area contributed by atoms with E-state index in [-0.39, 0.29) is 18.3 Å². The zero-order valence-corrected chi connectivity index (χ0v) is 12.9. The number of anilines is 3. The zero-order chi connectivity index (χ0) is 14.5. The third-order valence-electron chi connectivity index (χ3n) is 2.68. The Balaban J connectivity index is 0.00000220. The standard InChI is InChI=1S/C14H15ClN4O.ClH/c1-9(20)18-12-6-7-13(19-14(12)16)17-8-10-2-4-11(15)5-3-10;/h2-7H,8H2,1H3,(H,18,20)(H3,16,17,19);1H. The number of H-pyrrole nitrogens is 1. The summed E-state index contributed by atoms with van der Waals surface area (Å²) in [6.07, 6.45) is 0. The molecule has 0 atom stereocenters. The Hall–Kier alpha value is -1.98. The van der Waals surface area contributed by atoms with Gasteiger partial charge in [0.1, 0.15) is 5.69 Å². The van der Waals surface area contributed by atoms with Crippen LogP contribution in [0.4, 0.5) is 17.3 Å². The number of carbonyl (C=O) groups is 1. The molecular formula is C14H16Cl2N4O. The van der Waals surface area contributed by atoms with Crippen molar-refractivity contribution in [2.75, 3.05) is 16.4 Å². The van der Waals surface area contributed by atoms with Crippen LogP contribution in [0.2, 0.25) is 5.02 Å². The van der Waals surface area contributed by atoms with Gasteiger partial charge in [-0.1, -0.05) is 23.7 Å². The quantitative estimate of drug-likeness (QED) is 0.695. The number of carbonyl (C=O) groups excluding carboxylic acids is 1. The highest BCUT2D eigenvalue weighted by Crippen LogP contribution is 2.15. The van der Waals surface area contributed by atoms with E-state index < -0.39 is 0 Å². The number of rotatable bonds is 4. The van der Waals surface area contributed by atoms with E-state index in [1.54, 1.807) is 6.07 Å². The third-order valence-corrected chi connectivity index (χ3v) is 2.94. The highest BCUT2D eigenvalue weighted by molar-refractivity contribution is 6.30. The minimum atomic E-state index is -0.160. The van der Waals surface area contributed by atoms with Crippen LogP contribution in [0.1, 0.15) is 12.5 Å². The molecule has 21 heavy (non-hydrogen) atoms. The molecule has 0 spiro atoms. The molecular weight excluding hydrogens is 311 g/mol. The molecule has 0 aliphatic rings. The SMILES string of the molecule is CC(=O)Nc1ccc(NCc2ccc(Cl)cc2)[nH+]c1N.[Cl-]. The van der Waals surface area contributed by atoms with Crippen molar-refractivity contribution in [3.63, 3.8) is 0 Å². The van der Waals surface area contributed by atoms with Crippen LogP contribution in [0.3, 0.4) is 0 Å². The Labute approximate surface area is 134 Å². The molecule has 1 amide bonds. The predicted octanol–water partition coefficient (Wildman–Crippen LogP) is -0.689. The summed E-state index contributed by atoms with van der Waals surface area (Å²) in [7, 11) is 0. The topological polar surface area (TPSA) is 81.3 Å². The van der Waals surface area contributed by atoms with Gasteiger partial charge in [0, 0.05) is 18.0 Å². The fraction of sp³-hybridized carbons (Fsp3) is 0.143. The number of hydrogen-bond acceptors (Lipinski definition) is 3. The van der Waals surface area contributed by atoms with Crippen molar-refractivity contribution in [2.45, 2.75) is 13.5 Å². The van der Waals surface area contributed by atoms with Gasteiger partial charge in [0.15, 0.2) is 0 Å². The van der Waals surface area contributed by atoms with Crippen molar-refractivity contribution in [3.05, 3.63) is 47.0 Å². The molecule has 0 saturated heterocycles. The molecule has 0 saturated carbocycles. The van der Waals surface area contributed by atoms with E-state index in [0.717, 1.165) is 11.4 Å². The second-order valence-corrected chi connectivity index (χ2v) is 4.80. The van der Waals surface area contributed by atoms with Crippen molar-refractivity contribution in [1.29, 1.82) is 0 Å². The summed E-state index contributed by atoms with van der Waals surface area (Å²) >= 11 is 5.83. The summed E-state index contributed by atoms with van der Waals surface area (Å²) in [5.74, 6) is 1.01. The van der Waals surface area contributed by atoms with Gasteiger partial charge in [-0.2, -0.15) is 0 Å². The van der Waals surface area contributed by atoms with Gasteiger partial charge in [-0.25, -0.2) is 4.98 Å². The molecule has 0 aliphatic heterocycles. The molecule has 112 valence electrons. The Kier molecular flexibility index (Phi) is 6.27. The summed E-state index contributed by atoms with van der Waals surface area (Å²) in [4.78, 5) is 14.0. The Morgan fingerprint density at radius 2 is 1.90 bits per heavy atom. The van der Waals surface area contributed by atoms with E-state index >= 15 is 0 Å². The second-order valence-electron chi connectivity index (χ2n) is 4.36. The zero-order valence-electron chi connectivity index (χ0n) is 11.4. The summed E-state index contributed by atoms with van der Waals surface area (Å²) in [5, 5.41) is 6.57. The minimum absolute atomic E-state index is 0. The molecule has 1 heterocycles. The summed E-state index contributed by atoms with van der Waals surface area (Å²) in [5.41, 5.74) is 7.50. The lowest BCUT2D eigenvalue weighted by Crippen LogP contribution is -3.00. The highest BCUT2D eigenvalue weighted by Gasteiger charge is 2.07. The number of aromatic amines is 1. The first-order valence-electron chi connectivity index (χ1n) is 6.12. The first-order valence-corrected chi connectivity index (χ1v) is 6.50. The van der Waals surface area contributed by atoms with Crippen LogP contribution in [-0.2, 0) is 11.3 Å². The maximum absolute atomic E-state index is 11.0. The summed E-state index contributed by atoms with van der Waals surface area (Å²) < 4.78 is 0. The van der Waals surface area contributed by atoms with Gasteiger partial charge in [0.2, 0.25) is 17.5 Å². The average molecular weight is 327 g/mol. The average Bonchev–Trinajstić information content (AvgIpc) is 2.40. The summed E-state index contributed by atoms with van der Waals surface area (Å²) in [6.45, 7) is 2.08. The van der Waals surface area contributed by atoms with Crippen LogP contribution in [0.25, 0.3) is 0 Å². The molecule has 0 bridgehead atoms. The molecule has 1 aromatic heterocycles. The van der Waals surface area contributed by atoms with Crippen LogP contribution in [0.15, 0.2) is 36.4 Å². The van der Waals surface area contributed by atoms with E-state index in [1.807, 2.05) is 30.3 Å². The maximum atomic E-state index is 11.0. The number of benzene rings is 1. The highest BCUT2D eigenvalue weighted by atomic mass is 35.5. The van der Waals surface area contributed by atoms with Crippen LogP contribution >= 0.6 is 11.6 Å². The van der Waals surface area contributed by atoms with Gasteiger partial charge in [-0.15, -0.1) is 0 Å². The van der Waals surface area contributed by atoms with Crippen LogP contribution in [-0.4, -0.2) is 5.91 Å². The van der Waals surface area contributed by atoms with Crippen molar-refractivity contribution < 1.29 is 22.2 Å². The van der Waals surface area contributed by atoms with Gasteiger partial charge in [0.25, 0.3) is 0 Å². The fourth-order valence-electron chi connectivity index (χ4n) is 1.71. The van der Waals surface area contributed by atoms with Gasteiger partial charge in [-0.3, -0.25) is 4.79 Å². The molecule has 0 aliphatic carbocycles. The summed E-state index contributed by atoms with van der Waals surface area (Å²) in [6, 6.07) is 11.1. The number of hydrogen-bond donors (Lipinski definition) is 3. The minimum Gasteiger partial charge on any atom is -1.00 e. The first kappa shape index (κ1) is 17.1. The molecule has 5 nitrogen and oxygen atoms in total. The fourth-order valence-corrected chi connectivity index (χ4v) is 1.84. The molecule has 0 unspecified atom stereocenters.